The van der Waals surface area contributed by atoms with Gasteiger partial charge in [-0.2, -0.15) is 0 Å². The van der Waals surface area contributed by atoms with Crippen molar-refractivity contribution in [2.75, 3.05) is 11.9 Å². The zero-order valence-corrected chi connectivity index (χ0v) is 9.05. The fraction of sp³-hybridized carbons (Fsp3) is 0.200. The SMILES string of the molecule is C#CCNc1ccc(C)c(I)c1. The van der Waals surface area contributed by atoms with E-state index >= 15 is 0 Å². The zero-order chi connectivity index (χ0) is 8.97. The number of halogens is 1. The molecule has 0 aliphatic carbocycles. The van der Waals surface area contributed by atoms with Crippen LogP contribution in [0, 0.1) is 22.8 Å². The van der Waals surface area contributed by atoms with Gasteiger partial charge in [0.1, 0.15) is 0 Å². The molecular formula is C10H10IN. The van der Waals surface area contributed by atoms with Crippen LogP contribution in [0.1, 0.15) is 5.56 Å². The maximum absolute atomic E-state index is 5.13. The molecule has 0 fully saturated rings. The van der Waals surface area contributed by atoms with E-state index in [-0.39, 0.29) is 0 Å². The number of nitrogens with one attached hydrogen (secondary N) is 1. The molecule has 0 saturated carbocycles. The van der Waals surface area contributed by atoms with E-state index in [2.05, 4.69) is 52.9 Å². The topological polar surface area (TPSA) is 12.0 Å². The Morgan fingerprint density at radius 3 is 2.92 bits per heavy atom. The Balaban J connectivity index is 2.77. The smallest absolute Gasteiger partial charge is 0.0763 e. The molecule has 0 aliphatic rings. The van der Waals surface area contributed by atoms with E-state index in [1.807, 2.05) is 6.07 Å². The maximum Gasteiger partial charge on any atom is 0.0763 e. The number of hydrogen-bond acceptors (Lipinski definition) is 1. The second-order valence-electron chi connectivity index (χ2n) is 2.52. The summed E-state index contributed by atoms with van der Waals surface area (Å²) in [5, 5.41) is 3.12. The highest BCUT2D eigenvalue weighted by Gasteiger charge is 1.94. The summed E-state index contributed by atoms with van der Waals surface area (Å²) in [6.07, 6.45) is 5.13. The monoisotopic (exact) mass is 271 g/mol. The molecule has 0 bridgehead atoms. The van der Waals surface area contributed by atoms with Crippen molar-refractivity contribution < 1.29 is 0 Å². The number of aryl methyl sites for hydroxylation is 1. The third kappa shape index (κ3) is 2.42. The second-order valence-corrected chi connectivity index (χ2v) is 3.68. The quantitative estimate of drug-likeness (QED) is 0.644. The summed E-state index contributed by atoms with van der Waals surface area (Å²) in [4.78, 5) is 0. The number of anilines is 1. The number of hydrogen-bond donors (Lipinski definition) is 1. The van der Waals surface area contributed by atoms with Crippen LogP contribution in [-0.4, -0.2) is 6.54 Å². The van der Waals surface area contributed by atoms with Gasteiger partial charge in [0.2, 0.25) is 0 Å². The van der Waals surface area contributed by atoms with E-state index in [0.29, 0.717) is 6.54 Å². The molecule has 2 heteroatoms. The molecule has 1 nitrogen and oxygen atoms in total. The molecule has 0 amide bonds. The normalized spacial score (nSPS) is 9.08. The van der Waals surface area contributed by atoms with Crippen LogP contribution >= 0.6 is 22.6 Å². The zero-order valence-electron chi connectivity index (χ0n) is 6.89. The molecule has 0 atom stereocenters. The minimum atomic E-state index is 0.582. The number of terminal acetylenes is 1. The van der Waals surface area contributed by atoms with Gasteiger partial charge < -0.3 is 5.32 Å². The van der Waals surface area contributed by atoms with Crippen molar-refractivity contribution in [3.63, 3.8) is 0 Å². The lowest BCUT2D eigenvalue weighted by molar-refractivity contribution is 1.35. The fourth-order valence-electron chi connectivity index (χ4n) is 0.856. The minimum Gasteiger partial charge on any atom is -0.374 e. The summed E-state index contributed by atoms with van der Waals surface area (Å²) >= 11 is 2.31. The van der Waals surface area contributed by atoms with Gasteiger partial charge >= 0.3 is 0 Å². The van der Waals surface area contributed by atoms with E-state index in [9.17, 15) is 0 Å². The van der Waals surface area contributed by atoms with Gasteiger partial charge in [-0.15, -0.1) is 6.42 Å². The predicted octanol–water partition coefficient (Wildman–Crippen LogP) is 2.64. The highest BCUT2D eigenvalue weighted by atomic mass is 127. The lowest BCUT2D eigenvalue weighted by Crippen LogP contribution is -1.98. The van der Waals surface area contributed by atoms with Crippen LogP contribution in [0.25, 0.3) is 0 Å². The first-order chi connectivity index (χ1) is 5.74. The number of benzene rings is 1. The van der Waals surface area contributed by atoms with Crippen molar-refractivity contribution in [1.82, 2.24) is 0 Å². The van der Waals surface area contributed by atoms with E-state index < -0.39 is 0 Å². The number of rotatable bonds is 2. The summed E-state index contributed by atoms with van der Waals surface area (Å²) in [6, 6.07) is 6.21. The molecular weight excluding hydrogens is 261 g/mol. The first-order valence-electron chi connectivity index (χ1n) is 3.67. The average Bonchev–Trinajstić information content (AvgIpc) is 2.07. The summed E-state index contributed by atoms with van der Waals surface area (Å²) in [6.45, 7) is 2.67. The minimum absolute atomic E-state index is 0.582. The third-order valence-electron chi connectivity index (χ3n) is 1.57. The van der Waals surface area contributed by atoms with Gasteiger partial charge in [-0.25, -0.2) is 0 Å². The lowest BCUT2D eigenvalue weighted by Gasteiger charge is -2.04. The Kier molecular flexibility index (Phi) is 3.42. The van der Waals surface area contributed by atoms with Gasteiger partial charge in [0, 0.05) is 9.26 Å². The van der Waals surface area contributed by atoms with Gasteiger partial charge in [0.15, 0.2) is 0 Å². The lowest BCUT2D eigenvalue weighted by atomic mass is 10.2. The maximum atomic E-state index is 5.13. The molecule has 1 rings (SSSR count). The fourth-order valence-corrected chi connectivity index (χ4v) is 1.37. The molecule has 0 unspecified atom stereocenters. The van der Waals surface area contributed by atoms with Crippen molar-refractivity contribution >= 4 is 28.3 Å². The van der Waals surface area contributed by atoms with Crippen LogP contribution in [0.15, 0.2) is 18.2 Å². The third-order valence-corrected chi connectivity index (χ3v) is 2.73. The Morgan fingerprint density at radius 2 is 2.33 bits per heavy atom. The van der Waals surface area contributed by atoms with E-state index in [1.54, 1.807) is 0 Å². The van der Waals surface area contributed by atoms with Crippen LogP contribution < -0.4 is 5.32 Å². The van der Waals surface area contributed by atoms with Gasteiger partial charge in [0.05, 0.1) is 6.54 Å². The second kappa shape index (κ2) is 4.36. The van der Waals surface area contributed by atoms with Gasteiger partial charge in [-0.3, -0.25) is 0 Å². The Bertz CT molecular complexity index is 312. The Labute approximate surface area is 86.7 Å². The van der Waals surface area contributed by atoms with Crippen LogP contribution in [0.4, 0.5) is 5.69 Å². The molecule has 1 aromatic rings. The van der Waals surface area contributed by atoms with Crippen molar-refractivity contribution in [2.24, 2.45) is 0 Å². The average molecular weight is 271 g/mol. The van der Waals surface area contributed by atoms with Gasteiger partial charge in [-0.1, -0.05) is 12.0 Å². The van der Waals surface area contributed by atoms with Crippen LogP contribution in [0.2, 0.25) is 0 Å². The molecule has 0 aromatic heterocycles. The molecule has 62 valence electrons. The summed E-state index contributed by atoms with van der Waals surface area (Å²) < 4.78 is 1.26. The van der Waals surface area contributed by atoms with Gasteiger partial charge in [-0.05, 0) is 47.2 Å². The van der Waals surface area contributed by atoms with Crippen LogP contribution in [0.3, 0.4) is 0 Å². The summed E-state index contributed by atoms with van der Waals surface area (Å²) in [5.74, 6) is 2.54. The Hall–Kier alpha value is -0.690. The highest BCUT2D eigenvalue weighted by Crippen LogP contribution is 2.16. The van der Waals surface area contributed by atoms with E-state index in [1.165, 1.54) is 9.13 Å². The summed E-state index contributed by atoms with van der Waals surface area (Å²) in [7, 11) is 0. The highest BCUT2D eigenvalue weighted by molar-refractivity contribution is 14.1. The van der Waals surface area contributed by atoms with Crippen molar-refractivity contribution in [3.8, 4) is 12.3 Å². The van der Waals surface area contributed by atoms with Crippen LogP contribution in [0.5, 0.6) is 0 Å². The van der Waals surface area contributed by atoms with Crippen molar-refractivity contribution in [2.45, 2.75) is 6.92 Å². The predicted molar refractivity (Wildman–Crippen MR) is 61.2 cm³/mol. The largest absolute Gasteiger partial charge is 0.374 e. The standard InChI is InChI=1S/C10H10IN/c1-3-6-12-9-5-4-8(2)10(11)7-9/h1,4-5,7,12H,6H2,2H3. The van der Waals surface area contributed by atoms with E-state index in [4.69, 9.17) is 6.42 Å². The molecule has 1 aromatic carbocycles. The molecule has 1 N–H and O–H groups in total. The van der Waals surface area contributed by atoms with Crippen molar-refractivity contribution in [1.29, 1.82) is 0 Å². The molecule has 0 aliphatic heterocycles. The van der Waals surface area contributed by atoms with Crippen LogP contribution in [-0.2, 0) is 0 Å². The Morgan fingerprint density at radius 1 is 1.58 bits per heavy atom. The molecule has 0 heterocycles. The molecule has 0 saturated heterocycles. The first-order valence-corrected chi connectivity index (χ1v) is 4.75. The molecule has 0 radical (unpaired) electrons. The molecule has 0 spiro atoms. The summed E-state index contributed by atoms with van der Waals surface area (Å²) in [5.41, 5.74) is 2.38. The van der Waals surface area contributed by atoms with Crippen molar-refractivity contribution in [3.05, 3.63) is 27.3 Å². The van der Waals surface area contributed by atoms with E-state index in [0.717, 1.165) is 5.69 Å². The van der Waals surface area contributed by atoms with Gasteiger partial charge in [0.25, 0.3) is 0 Å². The first kappa shape index (κ1) is 9.40. The molecule has 12 heavy (non-hydrogen) atoms.